The third-order valence-electron chi connectivity index (χ3n) is 4.96. The minimum absolute atomic E-state index is 0.465. The third kappa shape index (κ3) is 4.15. The number of rotatable bonds is 5. The first-order valence-corrected chi connectivity index (χ1v) is 14.7. The highest BCUT2D eigenvalue weighted by Gasteiger charge is 2.18. The number of anilines is 2. The summed E-state index contributed by atoms with van der Waals surface area (Å²) in [6.07, 6.45) is 4.95. The molecule has 0 aliphatic carbocycles. The molecule has 5 nitrogen and oxygen atoms in total. The number of imidazole rings is 1. The number of nitrogens with zero attached hydrogens (tertiary/aromatic N) is 3. The Bertz CT molecular complexity index is 1010. The van der Waals surface area contributed by atoms with E-state index in [9.17, 15) is 0 Å². The number of aromatic nitrogens is 3. The van der Waals surface area contributed by atoms with Gasteiger partial charge in [0.15, 0.2) is 5.65 Å². The van der Waals surface area contributed by atoms with Crippen molar-refractivity contribution in [3.63, 3.8) is 0 Å². The Labute approximate surface area is 188 Å². The summed E-state index contributed by atoms with van der Waals surface area (Å²) in [5.74, 6) is 1.43. The van der Waals surface area contributed by atoms with E-state index in [-0.39, 0.29) is 0 Å². The number of halogens is 2. The van der Waals surface area contributed by atoms with Gasteiger partial charge in [-0.2, -0.15) is 0 Å². The minimum Gasteiger partial charge on any atom is -0.381 e. The Balaban J connectivity index is 1.71. The molecule has 1 N–H and O–H groups in total. The summed E-state index contributed by atoms with van der Waals surface area (Å²) >= 11 is 10.4. The Morgan fingerprint density at radius 2 is 2.18 bits per heavy atom. The zero-order valence-electron chi connectivity index (χ0n) is 15.6. The van der Waals surface area contributed by atoms with Gasteiger partial charge < -0.3 is 10.1 Å². The van der Waals surface area contributed by atoms with Crippen LogP contribution in [0, 0.1) is 6.92 Å². The largest absolute Gasteiger partial charge is 0.381 e. The van der Waals surface area contributed by atoms with Gasteiger partial charge in [0.05, 0.1) is 24.4 Å². The standard InChI is InChI=1S/C19H21ClIN4OPS/c1-11-22-18-15(9-17(20)24-19(18)25(11)27-21)23-14-6-5-12(8-16(14)28-2)13-4-3-7-26-10-13/h5-6,8-9,13,27H,3-4,7,10H2,1-2H3,(H,23,24). The molecule has 2 atom stereocenters. The molecule has 3 heterocycles. The number of nitrogens with one attached hydrogen (secondary N) is 1. The monoisotopic (exact) mass is 546 g/mol. The fraction of sp³-hybridized carbons (Fsp3) is 0.368. The van der Waals surface area contributed by atoms with Gasteiger partial charge in [0.25, 0.3) is 0 Å². The Kier molecular flexibility index (Phi) is 6.67. The van der Waals surface area contributed by atoms with E-state index < -0.39 is 0 Å². The molecular weight excluding hydrogens is 526 g/mol. The molecule has 0 saturated carbocycles. The van der Waals surface area contributed by atoms with Crippen molar-refractivity contribution < 1.29 is 4.74 Å². The molecule has 1 aliphatic heterocycles. The summed E-state index contributed by atoms with van der Waals surface area (Å²) in [5.41, 5.74) is 4.96. The van der Waals surface area contributed by atoms with Crippen LogP contribution in [-0.2, 0) is 4.74 Å². The van der Waals surface area contributed by atoms with E-state index in [1.54, 1.807) is 11.8 Å². The summed E-state index contributed by atoms with van der Waals surface area (Å²) in [4.78, 5) is 10.4. The first kappa shape index (κ1) is 20.7. The second-order valence-electron chi connectivity index (χ2n) is 6.74. The molecule has 4 rings (SSSR count). The van der Waals surface area contributed by atoms with Gasteiger partial charge in [-0.3, -0.25) is 4.34 Å². The van der Waals surface area contributed by atoms with Gasteiger partial charge in [-0.25, -0.2) is 9.97 Å². The predicted octanol–water partition coefficient (Wildman–Crippen LogP) is 6.54. The molecule has 1 saturated heterocycles. The normalized spacial score (nSPS) is 17.6. The Morgan fingerprint density at radius 1 is 1.32 bits per heavy atom. The number of thioether (sulfide) groups is 1. The second-order valence-corrected chi connectivity index (χ2v) is 10.0. The van der Waals surface area contributed by atoms with Gasteiger partial charge in [0.2, 0.25) is 0 Å². The van der Waals surface area contributed by atoms with Crippen molar-refractivity contribution in [2.45, 2.75) is 30.6 Å². The van der Waals surface area contributed by atoms with Crippen molar-refractivity contribution in [1.29, 1.82) is 0 Å². The highest BCUT2D eigenvalue weighted by Crippen LogP contribution is 2.38. The van der Waals surface area contributed by atoms with Crippen molar-refractivity contribution >= 4 is 74.3 Å². The number of benzene rings is 1. The summed E-state index contributed by atoms with van der Waals surface area (Å²) in [6.45, 7) is 3.70. The van der Waals surface area contributed by atoms with Gasteiger partial charge in [0.1, 0.15) is 16.5 Å². The lowest BCUT2D eigenvalue weighted by molar-refractivity contribution is 0.0804. The topological polar surface area (TPSA) is 52.0 Å². The van der Waals surface area contributed by atoms with Gasteiger partial charge in [0, 0.05) is 23.5 Å². The highest BCUT2D eigenvalue weighted by molar-refractivity contribution is 14.2. The molecule has 2 aromatic heterocycles. The number of hydrogen-bond donors (Lipinski definition) is 1. The van der Waals surface area contributed by atoms with E-state index in [2.05, 4.69) is 61.1 Å². The number of hydrogen-bond acceptors (Lipinski definition) is 5. The zero-order chi connectivity index (χ0) is 19.7. The third-order valence-corrected chi connectivity index (χ3v) is 8.09. The van der Waals surface area contributed by atoms with Gasteiger partial charge in [-0.15, -0.1) is 11.8 Å². The molecule has 1 fully saturated rings. The van der Waals surface area contributed by atoms with Crippen LogP contribution in [0.1, 0.15) is 30.1 Å². The molecule has 3 aromatic rings. The minimum atomic E-state index is 0.465. The Morgan fingerprint density at radius 3 is 2.89 bits per heavy atom. The summed E-state index contributed by atoms with van der Waals surface area (Å²) in [7, 11) is 0. The SMILES string of the molecule is CSc1cc(C2CCCOC2)ccc1Nc1cc(Cl)nc2c1nc(C)n2PI. The van der Waals surface area contributed by atoms with E-state index in [0.717, 1.165) is 48.0 Å². The fourth-order valence-electron chi connectivity index (χ4n) is 3.54. The van der Waals surface area contributed by atoms with Crippen molar-refractivity contribution in [3.8, 4) is 0 Å². The smallest absolute Gasteiger partial charge is 0.167 e. The average Bonchev–Trinajstić information content (AvgIpc) is 3.04. The summed E-state index contributed by atoms with van der Waals surface area (Å²) in [5, 5.41) is 4.02. The molecule has 2 unspecified atom stereocenters. The number of aryl methyl sites for hydroxylation is 1. The maximum absolute atomic E-state index is 6.32. The fourth-order valence-corrected chi connectivity index (χ4v) is 6.46. The molecule has 1 aromatic carbocycles. The number of pyridine rings is 1. The van der Waals surface area contributed by atoms with Crippen LogP contribution in [0.3, 0.4) is 0 Å². The van der Waals surface area contributed by atoms with E-state index in [1.807, 2.05) is 13.0 Å². The zero-order valence-corrected chi connectivity index (χ0v) is 20.4. The van der Waals surface area contributed by atoms with E-state index >= 15 is 0 Å². The highest BCUT2D eigenvalue weighted by atomic mass is 127. The van der Waals surface area contributed by atoms with Crippen LogP contribution in [0.4, 0.5) is 11.4 Å². The average molecular weight is 547 g/mol. The number of fused-ring (bicyclic) bond motifs is 1. The lowest BCUT2D eigenvalue weighted by Crippen LogP contribution is -2.15. The van der Waals surface area contributed by atoms with E-state index in [4.69, 9.17) is 21.3 Å². The lowest BCUT2D eigenvalue weighted by atomic mass is 9.93. The summed E-state index contributed by atoms with van der Waals surface area (Å²) < 4.78 is 7.76. The van der Waals surface area contributed by atoms with Crippen LogP contribution >= 0.6 is 51.8 Å². The van der Waals surface area contributed by atoms with Gasteiger partial charge in [-0.1, -0.05) is 17.7 Å². The molecule has 0 radical (unpaired) electrons. The predicted molar refractivity (Wildman–Crippen MR) is 129 cm³/mol. The van der Waals surface area contributed by atoms with Crippen LogP contribution in [0.15, 0.2) is 29.2 Å². The van der Waals surface area contributed by atoms with Crippen LogP contribution in [0.5, 0.6) is 0 Å². The van der Waals surface area contributed by atoms with Crippen molar-refractivity contribution in [2.75, 3.05) is 24.8 Å². The van der Waals surface area contributed by atoms with Crippen molar-refractivity contribution in [3.05, 3.63) is 40.8 Å². The summed E-state index contributed by atoms with van der Waals surface area (Å²) in [6, 6.07) is 8.49. The van der Waals surface area contributed by atoms with Gasteiger partial charge >= 0.3 is 0 Å². The molecule has 0 spiro atoms. The lowest BCUT2D eigenvalue weighted by Gasteiger charge is -2.23. The second kappa shape index (κ2) is 9.04. The maximum atomic E-state index is 6.32. The van der Waals surface area contributed by atoms with Crippen LogP contribution in [0.25, 0.3) is 11.2 Å². The Hall–Kier alpha value is -0.600. The van der Waals surface area contributed by atoms with Crippen LogP contribution in [-0.4, -0.2) is 33.8 Å². The van der Waals surface area contributed by atoms with Crippen LogP contribution < -0.4 is 5.32 Å². The van der Waals surface area contributed by atoms with E-state index in [0.29, 0.717) is 17.4 Å². The quantitative estimate of drug-likeness (QED) is 0.170. The molecule has 0 bridgehead atoms. The van der Waals surface area contributed by atoms with E-state index in [1.165, 1.54) is 16.9 Å². The first-order chi connectivity index (χ1) is 13.6. The molecular formula is C19H21ClIN4OPS. The van der Waals surface area contributed by atoms with Gasteiger partial charge in [-0.05, 0) is 65.8 Å². The maximum Gasteiger partial charge on any atom is 0.167 e. The van der Waals surface area contributed by atoms with Crippen LogP contribution in [0.2, 0.25) is 5.15 Å². The molecule has 28 heavy (non-hydrogen) atoms. The molecule has 1 aliphatic rings. The molecule has 0 amide bonds. The van der Waals surface area contributed by atoms with Crippen molar-refractivity contribution in [1.82, 2.24) is 14.3 Å². The molecule has 148 valence electrons. The van der Waals surface area contributed by atoms with Crippen molar-refractivity contribution in [2.24, 2.45) is 0 Å². The number of ether oxygens (including phenoxy) is 1. The molecule has 9 heteroatoms. The first-order valence-electron chi connectivity index (χ1n) is 9.05.